The molecule has 0 aliphatic carbocycles. The molecule has 1 atom stereocenters. The number of hydrogen-bond donors (Lipinski definition) is 1. The number of benzene rings is 1. The van der Waals surface area contributed by atoms with Crippen molar-refractivity contribution >= 4 is 5.91 Å². The van der Waals surface area contributed by atoms with Crippen molar-refractivity contribution in [3.8, 4) is 5.75 Å². The molecule has 1 aliphatic heterocycles. The van der Waals surface area contributed by atoms with Gasteiger partial charge < -0.3 is 14.8 Å². The first-order valence-electron chi connectivity index (χ1n) is 7.62. The lowest BCUT2D eigenvalue weighted by Crippen LogP contribution is -2.47. The molecule has 1 amide bonds. The Balaban J connectivity index is 1.62. The highest BCUT2D eigenvalue weighted by Crippen LogP contribution is 2.15. The number of nitrogens with zero attached hydrogens (tertiary/aromatic N) is 1. The lowest BCUT2D eigenvalue weighted by Gasteiger charge is -2.32. The maximum Gasteiger partial charge on any atom is 0.223 e. The molecule has 22 heavy (non-hydrogen) atoms. The van der Waals surface area contributed by atoms with Gasteiger partial charge in [0, 0.05) is 25.7 Å². The standard InChI is InChI=1S/C16H23FN2O3/c1-13(19-7-10-21-11-8-19)12-18-16(20)6-9-22-15-5-3-2-4-14(15)17/h2-5,13H,6-12H2,1H3,(H,18,20). The number of halogens is 1. The molecule has 1 aromatic rings. The van der Waals surface area contributed by atoms with Crippen LogP contribution < -0.4 is 10.1 Å². The van der Waals surface area contributed by atoms with E-state index in [1.807, 2.05) is 0 Å². The third-order valence-electron chi connectivity index (χ3n) is 3.69. The number of morpholine rings is 1. The average Bonchev–Trinajstić information content (AvgIpc) is 2.55. The van der Waals surface area contributed by atoms with E-state index < -0.39 is 5.82 Å². The van der Waals surface area contributed by atoms with Gasteiger partial charge in [-0.15, -0.1) is 0 Å². The zero-order chi connectivity index (χ0) is 15.8. The summed E-state index contributed by atoms with van der Waals surface area (Å²) >= 11 is 0. The Morgan fingerprint density at radius 2 is 2.14 bits per heavy atom. The first kappa shape index (κ1) is 16.7. The SMILES string of the molecule is CC(CNC(=O)CCOc1ccccc1F)N1CCOCC1. The predicted molar refractivity (Wildman–Crippen MR) is 81.4 cm³/mol. The average molecular weight is 310 g/mol. The minimum atomic E-state index is -0.413. The summed E-state index contributed by atoms with van der Waals surface area (Å²) in [6, 6.07) is 6.46. The summed E-state index contributed by atoms with van der Waals surface area (Å²) in [7, 11) is 0. The summed E-state index contributed by atoms with van der Waals surface area (Å²) in [5.41, 5.74) is 0. The number of para-hydroxylation sites is 1. The molecule has 1 aliphatic rings. The molecule has 122 valence electrons. The Kier molecular flexibility index (Phi) is 6.61. The highest BCUT2D eigenvalue weighted by atomic mass is 19.1. The number of carbonyl (C=O) groups excluding carboxylic acids is 1. The van der Waals surface area contributed by atoms with Crippen molar-refractivity contribution in [2.24, 2.45) is 0 Å². The number of nitrogens with one attached hydrogen (secondary N) is 1. The van der Waals surface area contributed by atoms with Gasteiger partial charge in [0.1, 0.15) is 0 Å². The molecule has 1 fully saturated rings. The van der Waals surface area contributed by atoms with Gasteiger partial charge in [-0.25, -0.2) is 4.39 Å². The summed E-state index contributed by atoms with van der Waals surface area (Å²) < 4.78 is 23.9. The lowest BCUT2D eigenvalue weighted by atomic mass is 10.2. The van der Waals surface area contributed by atoms with Crippen LogP contribution in [-0.4, -0.2) is 56.3 Å². The summed E-state index contributed by atoms with van der Waals surface area (Å²) in [4.78, 5) is 14.1. The summed E-state index contributed by atoms with van der Waals surface area (Å²) in [5, 5.41) is 2.89. The molecule has 2 rings (SSSR count). The van der Waals surface area contributed by atoms with Crippen molar-refractivity contribution in [1.29, 1.82) is 0 Å². The molecule has 1 N–H and O–H groups in total. The van der Waals surface area contributed by atoms with Crippen LogP contribution in [0.25, 0.3) is 0 Å². The van der Waals surface area contributed by atoms with Crippen LogP contribution in [0.3, 0.4) is 0 Å². The summed E-state index contributed by atoms with van der Waals surface area (Å²) in [5.74, 6) is -0.322. The third kappa shape index (κ3) is 5.27. The molecule has 0 radical (unpaired) electrons. The van der Waals surface area contributed by atoms with Crippen molar-refractivity contribution in [2.75, 3.05) is 39.5 Å². The molecule has 0 bridgehead atoms. The van der Waals surface area contributed by atoms with E-state index in [0.717, 1.165) is 26.3 Å². The van der Waals surface area contributed by atoms with Crippen molar-refractivity contribution in [1.82, 2.24) is 10.2 Å². The number of ether oxygens (including phenoxy) is 2. The van der Waals surface area contributed by atoms with Gasteiger partial charge in [-0.3, -0.25) is 9.69 Å². The molecule has 1 unspecified atom stereocenters. The summed E-state index contributed by atoms with van der Waals surface area (Å²) in [6.45, 7) is 6.13. The largest absolute Gasteiger partial charge is 0.490 e. The molecule has 1 heterocycles. The van der Waals surface area contributed by atoms with Crippen LogP contribution in [0.1, 0.15) is 13.3 Å². The molecule has 1 aromatic carbocycles. The number of amides is 1. The minimum Gasteiger partial charge on any atom is -0.490 e. The highest BCUT2D eigenvalue weighted by Gasteiger charge is 2.17. The number of hydrogen-bond acceptors (Lipinski definition) is 4. The van der Waals surface area contributed by atoms with E-state index in [-0.39, 0.29) is 30.7 Å². The van der Waals surface area contributed by atoms with E-state index in [4.69, 9.17) is 9.47 Å². The Morgan fingerprint density at radius 3 is 2.86 bits per heavy atom. The quantitative estimate of drug-likeness (QED) is 0.828. The van der Waals surface area contributed by atoms with Crippen LogP contribution >= 0.6 is 0 Å². The molecular formula is C16H23FN2O3. The minimum absolute atomic E-state index is 0.0866. The van der Waals surface area contributed by atoms with Gasteiger partial charge in [0.2, 0.25) is 5.91 Å². The monoisotopic (exact) mass is 310 g/mol. The molecule has 0 aromatic heterocycles. The van der Waals surface area contributed by atoms with Crippen LogP contribution in [0.5, 0.6) is 5.75 Å². The number of carbonyl (C=O) groups is 1. The molecule has 1 saturated heterocycles. The molecule has 6 heteroatoms. The predicted octanol–water partition coefficient (Wildman–Crippen LogP) is 1.43. The van der Waals surface area contributed by atoms with E-state index >= 15 is 0 Å². The van der Waals surface area contributed by atoms with Crippen LogP contribution in [0, 0.1) is 5.82 Å². The van der Waals surface area contributed by atoms with Crippen molar-refractivity contribution < 1.29 is 18.7 Å². The zero-order valence-electron chi connectivity index (χ0n) is 12.9. The van der Waals surface area contributed by atoms with Gasteiger partial charge in [0.25, 0.3) is 0 Å². The van der Waals surface area contributed by atoms with Gasteiger partial charge in [-0.2, -0.15) is 0 Å². The second-order valence-electron chi connectivity index (χ2n) is 5.33. The molecular weight excluding hydrogens is 287 g/mol. The van der Waals surface area contributed by atoms with Crippen LogP contribution in [0.2, 0.25) is 0 Å². The number of rotatable bonds is 7. The molecule has 0 spiro atoms. The van der Waals surface area contributed by atoms with Crippen LogP contribution in [0.15, 0.2) is 24.3 Å². The second kappa shape index (κ2) is 8.70. The van der Waals surface area contributed by atoms with Gasteiger partial charge >= 0.3 is 0 Å². The van der Waals surface area contributed by atoms with Crippen LogP contribution in [0.4, 0.5) is 4.39 Å². The molecule has 0 saturated carbocycles. The summed E-state index contributed by atoms with van der Waals surface area (Å²) in [6.07, 6.45) is 0.212. The van der Waals surface area contributed by atoms with Crippen LogP contribution in [-0.2, 0) is 9.53 Å². The van der Waals surface area contributed by atoms with Gasteiger partial charge in [-0.1, -0.05) is 12.1 Å². The fourth-order valence-electron chi connectivity index (χ4n) is 2.31. The zero-order valence-corrected chi connectivity index (χ0v) is 12.9. The van der Waals surface area contributed by atoms with E-state index in [9.17, 15) is 9.18 Å². The normalized spacial score (nSPS) is 17.0. The smallest absolute Gasteiger partial charge is 0.223 e. The first-order chi connectivity index (χ1) is 10.7. The van der Waals surface area contributed by atoms with Crippen molar-refractivity contribution in [2.45, 2.75) is 19.4 Å². The fourth-order valence-corrected chi connectivity index (χ4v) is 2.31. The first-order valence-corrected chi connectivity index (χ1v) is 7.62. The second-order valence-corrected chi connectivity index (χ2v) is 5.33. The third-order valence-corrected chi connectivity index (χ3v) is 3.69. The Labute approximate surface area is 130 Å². The lowest BCUT2D eigenvalue weighted by molar-refractivity contribution is -0.121. The Bertz CT molecular complexity index is 478. The molecule has 5 nitrogen and oxygen atoms in total. The van der Waals surface area contributed by atoms with Crippen molar-refractivity contribution in [3.63, 3.8) is 0 Å². The van der Waals surface area contributed by atoms with E-state index in [1.165, 1.54) is 6.07 Å². The maximum absolute atomic E-state index is 13.3. The Hall–Kier alpha value is -1.66. The van der Waals surface area contributed by atoms with Gasteiger partial charge in [-0.05, 0) is 19.1 Å². The van der Waals surface area contributed by atoms with E-state index in [0.29, 0.717) is 6.54 Å². The topological polar surface area (TPSA) is 50.8 Å². The Morgan fingerprint density at radius 1 is 1.41 bits per heavy atom. The van der Waals surface area contributed by atoms with Crippen molar-refractivity contribution in [3.05, 3.63) is 30.1 Å². The highest BCUT2D eigenvalue weighted by molar-refractivity contribution is 5.76. The van der Waals surface area contributed by atoms with Gasteiger partial charge in [0.05, 0.1) is 26.2 Å². The van der Waals surface area contributed by atoms with E-state index in [2.05, 4.69) is 17.1 Å². The fraction of sp³-hybridized carbons (Fsp3) is 0.562. The maximum atomic E-state index is 13.3. The van der Waals surface area contributed by atoms with Gasteiger partial charge in [0.15, 0.2) is 11.6 Å². The van der Waals surface area contributed by atoms with E-state index in [1.54, 1.807) is 18.2 Å².